The summed E-state index contributed by atoms with van der Waals surface area (Å²) >= 11 is 0. The first-order valence-electron chi connectivity index (χ1n) is 10.0. The molecule has 2 N–H and O–H groups in total. The molecule has 2 saturated heterocycles. The van der Waals surface area contributed by atoms with Crippen molar-refractivity contribution < 1.29 is 32.6 Å². The molecule has 0 saturated carbocycles. The van der Waals surface area contributed by atoms with Crippen LogP contribution in [0.25, 0.3) is 0 Å². The number of carbonyl (C=O) groups is 3. The number of nitrogens with zero attached hydrogens (tertiary/aromatic N) is 3. The quantitative estimate of drug-likeness (QED) is 0.538. The van der Waals surface area contributed by atoms with Crippen LogP contribution in [0.2, 0.25) is 0 Å². The van der Waals surface area contributed by atoms with E-state index in [1.807, 2.05) is 0 Å². The molecule has 3 rings (SSSR count). The normalized spacial score (nSPS) is 21.2. The maximum absolute atomic E-state index is 12.8. The fraction of sp³-hybridized carbons (Fsp3) is 0.632. The molecule has 1 unspecified atom stereocenters. The molecule has 1 aromatic heterocycles. The molecule has 3 heterocycles. The van der Waals surface area contributed by atoms with Gasteiger partial charge < -0.3 is 20.1 Å². The highest BCUT2D eigenvalue weighted by atomic mass is 32.2. The molecule has 1 atom stereocenters. The molecule has 2 aliphatic rings. The number of carboxylic acid groups (broad SMARTS) is 1. The summed E-state index contributed by atoms with van der Waals surface area (Å²) in [7, 11) is -3.01. The Morgan fingerprint density at radius 1 is 1.26 bits per heavy atom. The molecule has 2 fully saturated rings. The van der Waals surface area contributed by atoms with Crippen molar-refractivity contribution >= 4 is 28.1 Å². The highest BCUT2D eigenvalue weighted by Gasteiger charge is 2.34. The van der Waals surface area contributed by atoms with Gasteiger partial charge in [-0.25, -0.2) is 8.42 Å². The Bertz CT molecular complexity index is 821. The van der Waals surface area contributed by atoms with E-state index in [0.717, 1.165) is 5.69 Å². The summed E-state index contributed by atoms with van der Waals surface area (Å²) in [5.41, 5.74) is 0.795. The van der Waals surface area contributed by atoms with Gasteiger partial charge in [-0.3, -0.25) is 24.4 Å². The first kappa shape index (κ1) is 24.7. The maximum atomic E-state index is 12.8. The number of ether oxygens (including phenoxy) is 1. The Balaban J connectivity index is 0.00000107. The molecule has 2 aliphatic heterocycles. The van der Waals surface area contributed by atoms with Crippen molar-refractivity contribution in [1.29, 1.82) is 0 Å². The highest BCUT2D eigenvalue weighted by molar-refractivity contribution is 7.91. The van der Waals surface area contributed by atoms with Gasteiger partial charge in [0.1, 0.15) is 9.84 Å². The molecule has 12 heteroatoms. The van der Waals surface area contributed by atoms with Crippen molar-refractivity contribution in [2.24, 2.45) is 11.8 Å². The third-order valence-corrected chi connectivity index (χ3v) is 6.86. The van der Waals surface area contributed by atoms with Gasteiger partial charge in [-0.1, -0.05) is 0 Å². The van der Waals surface area contributed by atoms with Crippen LogP contribution in [-0.4, -0.2) is 91.0 Å². The van der Waals surface area contributed by atoms with Crippen molar-refractivity contribution in [2.45, 2.75) is 19.3 Å². The zero-order valence-electron chi connectivity index (χ0n) is 17.2. The van der Waals surface area contributed by atoms with Crippen LogP contribution in [0.1, 0.15) is 18.5 Å². The van der Waals surface area contributed by atoms with Crippen LogP contribution < -0.4 is 5.32 Å². The maximum Gasteiger partial charge on any atom is 0.290 e. The summed E-state index contributed by atoms with van der Waals surface area (Å²) in [6, 6.07) is 0. The molecule has 31 heavy (non-hydrogen) atoms. The minimum absolute atomic E-state index is 0.0556. The molecule has 2 amide bonds. The van der Waals surface area contributed by atoms with E-state index in [1.165, 1.54) is 0 Å². The Hall–Kier alpha value is -2.60. The highest BCUT2D eigenvalue weighted by Crippen LogP contribution is 2.22. The monoisotopic (exact) mass is 456 g/mol. The molecule has 0 aromatic carbocycles. The second-order valence-electron chi connectivity index (χ2n) is 7.33. The lowest BCUT2D eigenvalue weighted by molar-refractivity contribution is -0.137. The number of amides is 2. The number of sulfone groups is 1. The summed E-state index contributed by atoms with van der Waals surface area (Å²) < 4.78 is 28.7. The van der Waals surface area contributed by atoms with Gasteiger partial charge in [-0.05, 0) is 12.8 Å². The molecule has 0 bridgehead atoms. The summed E-state index contributed by atoms with van der Waals surface area (Å²) in [6.07, 6.45) is 6.15. The summed E-state index contributed by atoms with van der Waals surface area (Å²) in [5, 5.41) is 9.76. The first-order chi connectivity index (χ1) is 14.9. The minimum Gasteiger partial charge on any atom is -0.483 e. The molecular formula is C19H28N4O7S. The number of hydrogen-bond acceptors (Lipinski definition) is 8. The van der Waals surface area contributed by atoms with Crippen molar-refractivity contribution in [3.8, 4) is 0 Å². The van der Waals surface area contributed by atoms with Gasteiger partial charge in [-0.15, -0.1) is 0 Å². The second-order valence-corrected chi connectivity index (χ2v) is 9.63. The fourth-order valence-electron chi connectivity index (χ4n) is 3.48. The Kier molecular flexibility index (Phi) is 9.79. The number of rotatable bonds is 5. The number of carbonyl (C=O) groups excluding carboxylic acids is 2. The second kappa shape index (κ2) is 12.3. The van der Waals surface area contributed by atoms with Crippen LogP contribution in [0, 0.1) is 11.8 Å². The van der Waals surface area contributed by atoms with E-state index >= 15 is 0 Å². The molecule has 0 radical (unpaired) electrons. The lowest BCUT2D eigenvalue weighted by Crippen LogP contribution is -2.45. The van der Waals surface area contributed by atoms with E-state index in [1.54, 1.807) is 23.5 Å². The van der Waals surface area contributed by atoms with Crippen LogP contribution in [0.5, 0.6) is 0 Å². The topological polar surface area (TPSA) is 156 Å². The van der Waals surface area contributed by atoms with Crippen molar-refractivity contribution in [2.75, 3.05) is 44.4 Å². The van der Waals surface area contributed by atoms with Crippen LogP contribution in [0.4, 0.5) is 0 Å². The van der Waals surface area contributed by atoms with Gasteiger partial charge in [0.2, 0.25) is 11.8 Å². The summed E-state index contributed by atoms with van der Waals surface area (Å²) in [5.74, 6) is -0.852. The largest absolute Gasteiger partial charge is 0.483 e. The average Bonchev–Trinajstić information content (AvgIpc) is 3.01. The SMILES string of the molecule is O=C(NCCc1cnccn1)C1COCCN(C(=O)C2CCS(=O)(=O)CC2)C1.O=CO. The zero-order valence-corrected chi connectivity index (χ0v) is 18.0. The lowest BCUT2D eigenvalue weighted by Gasteiger charge is -2.29. The van der Waals surface area contributed by atoms with Gasteiger partial charge in [-0.2, -0.15) is 0 Å². The number of aromatic nitrogens is 2. The van der Waals surface area contributed by atoms with Crippen LogP contribution in [0.3, 0.4) is 0 Å². The summed E-state index contributed by atoms with van der Waals surface area (Å²) in [4.78, 5) is 43.5. The van der Waals surface area contributed by atoms with E-state index in [0.29, 0.717) is 45.5 Å². The van der Waals surface area contributed by atoms with Crippen molar-refractivity contribution in [3.05, 3.63) is 24.3 Å². The van der Waals surface area contributed by atoms with E-state index in [-0.39, 0.29) is 42.3 Å². The third-order valence-electron chi connectivity index (χ3n) is 5.15. The van der Waals surface area contributed by atoms with E-state index < -0.39 is 15.8 Å². The fourth-order valence-corrected chi connectivity index (χ4v) is 4.97. The Morgan fingerprint density at radius 3 is 2.61 bits per heavy atom. The number of hydrogen-bond donors (Lipinski definition) is 2. The average molecular weight is 457 g/mol. The van der Waals surface area contributed by atoms with E-state index in [9.17, 15) is 18.0 Å². The smallest absolute Gasteiger partial charge is 0.290 e. The van der Waals surface area contributed by atoms with Crippen LogP contribution in [0.15, 0.2) is 18.6 Å². The lowest BCUT2D eigenvalue weighted by atomic mass is 10.00. The summed E-state index contributed by atoms with van der Waals surface area (Å²) in [6.45, 7) is 1.53. The van der Waals surface area contributed by atoms with Gasteiger partial charge >= 0.3 is 0 Å². The van der Waals surface area contributed by atoms with Gasteiger partial charge in [0, 0.05) is 50.6 Å². The third kappa shape index (κ3) is 8.21. The Morgan fingerprint density at radius 2 is 1.97 bits per heavy atom. The van der Waals surface area contributed by atoms with Crippen molar-refractivity contribution in [1.82, 2.24) is 20.2 Å². The van der Waals surface area contributed by atoms with Gasteiger partial charge in [0.15, 0.2) is 0 Å². The molecule has 1 aromatic rings. The predicted molar refractivity (Wildman–Crippen MR) is 110 cm³/mol. The molecular weight excluding hydrogens is 428 g/mol. The van der Waals surface area contributed by atoms with E-state index in [2.05, 4.69) is 15.3 Å². The van der Waals surface area contributed by atoms with Gasteiger partial charge in [0.25, 0.3) is 6.47 Å². The molecule has 172 valence electrons. The van der Waals surface area contributed by atoms with E-state index in [4.69, 9.17) is 14.6 Å². The predicted octanol–water partition coefficient (Wildman–Crippen LogP) is -0.864. The molecule has 11 nitrogen and oxygen atoms in total. The van der Waals surface area contributed by atoms with Crippen molar-refractivity contribution in [3.63, 3.8) is 0 Å². The standard InChI is InChI=1S/C18H26N4O5S.CH2O2/c23-17(21-4-1-16-11-19-5-6-20-16)15-12-22(7-8-27-13-15)18(24)14-2-9-28(25,26)10-3-14;2-1-3/h5-6,11,14-15H,1-4,7-10,12-13H2,(H,21,23);1H,(H,2,3). The number of nitrogens with one attached hydrogen (secondary N) is 1. The Labute approximate surface area is 181 Å². The van der Waals surface area contributed by atoms with Crippen LogP contribution in [-0.2, 0) is 35.4 Å². The first-order valence-corrected chi connectivity index (χ1v) is 11.9. The van der Waals surface area contributed by atoms with Gasteiger partial charge in [0.05, 0.1) is 36.3 Å². The zero-order chi connectivity index (χ0) is 22.7. The van der Waals surface area contributed by atoms with Crippen LogP contribution >= 0.6 is 0 Å². The molecule has 0 aliphatic carbocycles. The molecule has 0 spiro atoms. The minimum atomic E-state index is -3.01.